The molecule has 4 nitrogen and oxygen atoms in total. The summed E-state index contributed by atoms with van der Waals surface area (Å²) in [7, 11) is 22.5. The number of carbonyl (C=O) groups excluding carboxylic acids is 1. The molecule has 0 bridgehead atoms. The van der Waals surface area contributed by atoms with Gasteiger partial charge in [-0.15, -0.1) is 0 Å². The lowest BCUT2D eigenvalue weighted by molar-refractivity contribution is -0.144. The molecule has 8 radical (unpaired) electrons. The number of aliphatic carboxylic acids is 1. The van der Waals surface area contributed by atoms with E-state index in [2.05, 4.69) is 0 Å². The molecule has 1 amide bonds. The molecule has 0 saturated heterocycles. The minimum atomic E-state index is -2.35. The maximum Gasteiger partial charge on any atom is 0.318 e. The molecule has 0 heterocycles. The summed E-state index contributed by atoms with van der Waals surface area (Å²) in [5.74, 6) is -2.24. The van der Waals surface area contributed by atoms with Crippen LogP contribution < -0.4 is 5.32 Å². The second-order valence-electron chi connectivity index (χ2n) is 4.39. The van der Waals surface area contributed by atoms with Crippen LogP contribution in [0.3, 0.4) is 0 Å². The van der Waals surface area contributed by atoms with Gasteiger partial charge in [0.25, 0.3) is 0 Å². The SMILES string of the molecule is [B]C(C)(C)C([B])([B])C([B])(NC(C)=O)C(=O)O. The second kappa shape index (κ2) is 4.22. The molecule has 78 valence electrons. The van der Waals surface area contributed by atoms with E-state index in [0.717, 1.165) is 6.92 Å². The Labute approximate surface area is 101 Å². The Hall–Kier alpha value is -0.800. The first-order valence-electron chi connectivity index (χ1n) is 4.54. The smallest absolute Gasteiger partial charge is 0.318 e. The lowest BCUT2D eigenvalue weighted by Gasteiger charge is -2.52. The first-order valence-corrected chi connectivity index (χ1v) is 4.54. The quantitative estimate of drug-likeness (QED) is 0.581. The standard InChI is InChI=1S/C8H11B4NO3/c1-4(14)13-7(10,5(15)16)8(11,12)6(2,3)9/h1-3H3,(H,13,14)(H,15,16). The maximum absolute atomic E-state index is 11.1. The van der Waals surface area contributed by atoms with Crippen LogP contribution in [0.25, 0.3) is 0 Å². The fraction of sp³-hybridized carbons (Fsp3) is 0.750. The van der Waals surface area contributed by atoms with Gasteiger partial charge in [-0.05, 0) is 0 Å². The molecular weight excluding hydrogens is 201 g/mol. The molecule has 8 heteroatoms. The summed E-state index contributed by atoms with van der Waals surface area (Å²) in [4.78, 5) is 22.0. The van der Waals surface area contributed by atoms with Crippen molar-refractivity contribution in [3.8, 4) is 0 Å². The molecule has 0 aliphatic carbocycles. The number of hydrogen-bond donors (Lipinski definition) is 2. The van der Waals surface area contributed by atoms with Gasteiger partial charge in [0, 0.05) is 6.92 Å². The van der Waals surface area contributed by atoms with Crippen LogP contribution in [-0.2, 0) is 9.59 Å². The summed E-state index contributed by atoms with van der Waals surface area (Å²) in [6, 6.07) is 0. The Morgan fingerprint density at radius 1 is 1.12 bits per heavy atom. The Kier molecular flexibility index (Phi) is 4.01. The van der Waals surface area contributed by atoms with Crippen molar-refractivity contribution in [2.75, 3.05) is 0 Å². The average molecular weight is 212 g/mol. The van der Waals surface area contributed by atoms with Gasteiger partial charge in [0.2, 0.25) is 5.91 Å². The van der Waals surface area contributed by atoms with Crippen molar-refractivity contribution >= 4 is 43.3 Å². The predicted octanol–water partition coefficient (Wildman–Crippen LogP) is -1.11. The van der Waals surface area contributed by atoms with Crippen molar-refractivity contribution in [1.82, 2.24) is 5.32 Å². The van der Waals surface area contributed by atoms with Crippen LogP contribution in [-0.4, -0.2) is 53.8 Å². The minimum absolute atomic E-state index is 0.672. The van der Waals surface area contributed by atoms with Crippen LogP contribution >= 0.6 is 0 Å². The van der Waals surface area contributed by atoms with Gasteiger partial charge in [0.1, 0.15) is 7.85 Å². The molecule has 16 heavy (non-hydrogen) atoms. The number of carbonyl (C=O) groups is 2. The van der Waals surface area contributed by atoms with Gasteiger partial charge in [0.15, 0.2) is 0 Å². The van der Waals surface area contributed by atoms with Crippen LogP contribution in [0.4, 0.5) is 0 Å². The van der Waals surface area contributed by atoms with Gasteiger partial charge in [-0.1, -0.05) is 24.4 Å². The highest BCUT2D eigenvalue weighted by Gasteiger charge is 2.51. The summed E-state index contributed by atoms with van der Waals surface area (Å²) in [6.07, 6.45) is 0. The highest BCUT2D eigenvalue weighted by atomic mass is 16.4. The van der Waals surface area contributed by atoms with Crippen molar-refractivity contribution in [1.29, 1.82) is 0 Å². The molecule has 0 aromatic rings. The molecule has 0 aromatic carbocycles. The number of carboxylic acid groups (broad SMARTS) is 1. The normalized spacial score (nSPS) is 16.2. The van der Waals surface area contributed by atoms with Gasteiger partial charge in [-0.3, -0.25) is 9.59 Å². The van der Waals surface area contributed by atoms with Crippen LogP contribution in [0, 0.1) is 0 Å². The summed E-state index contributed by atoms with van der Waals surface area (Å²) in [6.45, 7) is 3.93. The molecule has 1 atom stereocenters. The van der Waals surface area contributed by atoms with E-state index in [-0.39, 0.29) is 0 Å². The van der Waals surface area contributed by atoms with E-state index in [1.807, 2.05) is 5.32 Å². The Morgan fingerprint density at radius 2 is 1.50 bits per heavy atom. The van der Waals surface area contributed by atoms with Gasteiger partial charge < -0.3 is 10.4 Å². The van der Waals surface area contributed by atoms with Crippen molar-refractivity contribution in [2.24, 2.45) is 0 Å². The summed E-state index contributed by atoms with van der Waals surface area (Å²) in [5.41, 5.74) is -2.35. The number of nitrogens with one attached hydrogen (secondary N) is 1. The minimum Gasteiger partial charge on any atom is -0.480 e. The van der Waals surface area contributed by atoms with Gasteiger partial charge >= 0.3 is 5.97 Å². The molecule has 0 spiro atoms. The third kappa shape index (κ3) is 2.47. The third-order valence-corrected chi connectivity index (χ3v) is 2.43. The van der Waals surface area contributed by atoms with Gasteiger partial charge in [-0.2, -0.15) is 0 Å². The van der Waals surface area contributed by atoms with Crippen LogP contribution in [0.1, 0.15) is 20.8 Å². The van der Waals surface area contributed by atoms with Crippen LogP contribution in [0.2, 0.25) is 10.5 Å². The zero-order chi connectivity index (χ0) is 13.4. The summed E-state index contributed by atoms with van der Waals surface area (Å²) < 4.78 is 0. The van der Waals surface area contributed by atoms with Crippen molar-refractivity contribution in [3.05, 3.63) is 0 Å². The van der Waals surface area contributed by atoms with E-state index < -0.39 is 27.8 Å². The highest BCUT2D eigenvalue weighted by molar-refractivity contribution is 6.52. The first-order chi connectivity index (χ1) is 6.86. The molecule has 1 unspecified atom stereocenters. The predicted molar refractivity (Wildman–Crippen MR) is 63.9 cm³/mol. The highest BCUT2D eigenvalue weighted by Crippen LogP contribution is 2.50. The first kappa shape index (κ1) is 15.2. The van der Waals surface area contributed by atoms with Gasteiger partial charge in [-0.25, -0.2) is 0 Å². The molecule has 0 fully saturated rings. The van der Waals surface area contributed by atoms with Gasteiger partial charge in [0.05, 0.1) is 29.0 Å². The number of hydrogen-bond acceptors (Lipinski definition) is 2. The van der Waals surface area contributed by atoms with Crippen LogP contribution in [0.5, 0.6) is 0 Å². The molecule has 0 aliphatic heterocycles. The fourth-order valence-electron chi connectivity index (χ4n) is 1.12. The van der Waals surface area contributed by atoms with Crippen molar-refractivity contribution < 1.29 is 14.7 Å². The van der Waals surface area contributed by atoms with E-state index in [1.54, 1.807) is 0 Å². The monoisotopic (exact) mass is 213 g/mol. The fourth-order valence-corrected chi connectivity index (χ4v) is 1.12. The largest absolute Gasteiger partial charge is 0.480 e. The molecule has 0 aromatic heterocycles. The zero-order valence-electron chi connectivity index (χ0n) is 9.57. The van der Waals surface area contributed by atoms with Crippen LogP contribution in [0.15, 0.2) is 0 Å². The van der Waals surface area contributed by atoms with E-state index in [1.165, 1.54) is 13.8 Å². The Bertz CT molecular complexity index is 313. The molecule has 0 aliphatic rings. The van der Waals surface area contributed by atoms with E-state index in [0.29, 0.717) is 0 Å². The Morgan fingerprint density at radius 3 is 1.69 bits per heavy atom. The lowest BCUT2D eigenvalue weighted by atomic mass is 9.28. The van der Waals surface area contributed by atoms with E-state index in [4.69, 9.17) is 36.5 Å². The summed E-state index contributed by atoms with van der Waals surface area (Å²) >= 11 is 0. The molecule has 0 rings (SSSR count). The number of amides is 1. The average Bonchev–Trinajstić information content (AvgIpc) is 1.99. The van der Waals surface area contributed by atoms with E-state index in [9.17, 15) is 9.59 Å². The van der Waals surface area contributed by atoms with Crippen molar-refractivity contribution in [3.63, 3.8) is 0 Å². The zero-order valence-corrected chi connectivity index (χ0v) is 9.57. The molecular formula is C8H11B4NO3. The second-order valence-corrected chi connectivity index (χ2v) is 4.39. The number of rotatable bonds is 4. The molecule has 0 saturated carbocycles. The van der Waals surface area contributed by atoms with E-state index >= 15 is 0 Å². The third-order valence-electron chi connectivity index (χ3n) is 2.43. The van der Waals surface area contributed by atoms with Crippen molar-refractivity contribution in [2.45, 2.75) is 36.7 Å². The molecule has 2 N–H and O–H groups in total. The maximum atomic E-state index is 11.1. The number of carboxylic acids is 1. The lowest BCUT2D eigenvalue weighted by Crippen LogP contribution is -2.65. The Balaban J connectivity index is 5.53. The summed E-state index contributed by atoms with van der Waals surface area (Å²) in [5, 5.41) is 7.69. The topological polar surface area (TPSA) is 66.4 Å².